The molecule has 2 aliphatic carbocycles. The van der Waals surface area contributed by atoms with Gasteiger partial charge in [0.05, 0.1) is 28.4 Å². The van der Waals surface area contributed by atoms with Gasteiger partial charge in [0.1, 0.15) is 0 Å². The molecule has 8 nitrogen and oxygen atoms in total. The lowest BCUT2D eigenvalue weighted by Gasteiger charge is -2.26. The van der Waals surface area contributed by atoms with Gasteiger partial charge in [-0.25, -0.2) is 0 Å². The summed E-state index contributed by atoms with van der Waals surface area (Å²) in [4.78, 5) is 48.6. The molecule has 2 saturated carbocycles. The first-order chi connectivity index (χ1) is 12.4. The number of esters is 4. The minimum absolute atomic E-state index is 0.0417. The highest BCUT2D eigenvalue weighted by Gasteiger charge is 2.55. The SMILES string of the molecule is COC(=O)C(C(=O)OC)[C@@H]1CC[C@H]2[C@@H]1CC[C@H]2C(C(=O)OC)C(=O)OC. The fourth-order valence-corrected chi connectivity index (χ4v) is 4.92. The van der Waals surface area contributed by atoms with Crippen molar-refractivity contribution in [2.24, 2.45) is 35.5 Å². The van der Waals surface area contributed by atoms with Gasteiger partial charge in [-0.05, 0) is 49.4 Å². The minimum Gasteiger partial charge on any atom is -0.468 e. The standard InChI is InChI=1S/C18H26O8/c1-23-15(19)13(16(20)24-2)11-7-5-10-9(11)6-8-12(10)14(17(21)25-3)18(22)26-4/h9-14H,5-8H2,1-4H3/t9-,10-,11+,12+/m0/s1. The van der Waals surface area contributed by atoms with Crippen LogP contribution < -0.4 is 0 Å². The molecule has 26 heavy (non-hydrogen) atoms. The van der Waals surface area contributed by atoms with Crippen molar-refractivity contribution in [2.75, 3.05) is 28.4 Å². The zero-order valence-electron chi connectivity index (χ0n) is 15.6. The highest BCUT2D eigenvalue weighted by atomic mass is 16.5. The lowest BCUT2D eigenvalue weighted by molar-refractivity contribution is -0.165. The van der Waals surface area contributed by atoms with Crippen LogP contribution in [0, 0.1) is 35.5 Å². The molecule has 0 aliphatic heterocycles. The molecule has 0 aromatic rings. The number of carbonyl (C=O) groups excluding carboxylic acids is 4. The Bertz CT molecular complexity index is 490. The van der Waals surface area contributed by atoms with Gasteiger partial charge in [-0.2, -0.15) is 0 Å². The maximum atomic E-state index is 12.1. The number of fused-ring (bicyclic) bond motifs is 1. The van der Waals surface area contributed by atoms with E-state index in [4.69, 9.17) is 18.9 Å². The van der Waals surface area contributed by atoms with Crippen molar-refractivity contribution in [1.29, 1.82) is 0 Å². The molecule has 0 unspecified atom stereocenters. The third kappa shape index (κ3) is 3.54. The van der Waals surface area contributed by atoms with E-state index in [1.165, 1.54) is 28.4 Å². The zero-order chi connectivity index (χ0) is 19.4. The third-order valence-corrected chi connectivity index (χ3v) is 5.99. The highest BCUT2D eigenvalue weighted by molar-refractivity contribution is 5.96. The van der Waals surface area contributed by atoms with Gasteiger partial charge in [0, 0.05) is 0 Å². The van der Waals surface area contributed by atoms with E-state index in [0.29, 0.717) is 12.8 Å². The molecular weight excluding hydrogens is 344 g/mol. The topological polar surface area (TPSA) is 105 Å². The van der Waals surface area contributed by atoms with Gasteiger partial charge in [-0.1, -0.05) is 0 Å². The van der Waals surface area contributed by atoms with Gasteiger partial charge in [-0.3, -0.25) is 19.2 Å². The van der Waals surface area contributed by atoms with Gasteiger partial charge in [-0.15, -0.1) is 0 Å². The van der Waals surface area contributed by atoms with E-state index in [-0.39, 0.29) is 23.7 Å². The molecule has 0 aromatic carbocycles. The number of methoxy groups -OCH3 is 4. The van der Waals surface area contributed by atoms with E-state index < -0.39 is 35.7 Å². The Morgan fingerprint density at radius 1 is 0.577 bits per heavy atom. The Kier molecular flexibility index (Phi) is 6.61. The second-order valence-corrected chi connectivity index (χ2v) is 6.86. The average molecular weight is 370 g/mol. The van der Waals surface area contributed by atoms with E-state index in [1.807, 2.05) is 0 Å². The second kappa shape index (κ2) is 8.51. The van der Waals surface area contributed by atoms with Gasteiger partial charge in [0.15, 0.2) is 11.8 Å². The van der Waals surface area contributed by atoms with Gasteiger partial charge in [0.25, 0.3) is 0 Å². The number of carbonyl (C=O) groups is 4. The molecule has 0 spiro atoms. The molecule has 0 bridgehead atoms. The summed E-state index contributed by atoms with van der Waals surface area (Å²) < 4.78 is 19.2. The second-order valence-electron chi connectivity index (χ2n) is 6.86. The summed E-state index contributed by atoms with van der Waals surface area (Å²) in [6, 6.07) is 0. The Balaban J connectivity index is 2.24. The number of rotatable bonds is 6. The van der Waals surface area contributed by atoms with E-state index in [9.17, 15) is 19.2 Å². The Morgan fingerprint density at radius 3 is 1.08 bits per heavy atom. The lowest BCUT2D eigenvalue weighted by Crippen LogP contribution is -2.37. The van der Waals surface area contributed by atoms with Crippen LogP contribution in [0.25, 0.3) is 0 Å². The molecule has 0 N–H and O–H groups in total. The minimum atomic E-state index is -0.978. The number of hydrogen-bond acceptors (Lipinski definition) is 8. The predicted octanol–water partition coefficient (Wildman–Crippen LogP) is 0.963. The fourth-order valence-electron chi connectivity index (χ4n) is 4.92. The summed E-state index contributed by atoms with van der Waals surface area (Å²) in [7, 11) is 4.97. The summed E-state index contributed by atoms with van der Waals surface area (Å²) >= 11 is 0. The number of hydrogen-bond donors (Lipinski definition) is 0. The van der Waals surface area contributed by atoms with E-state index in [1.54, 1.807) is 0 Å². The maximum Gasteiger partial charge on any atom is 0.320 e. The van der Waals surface area contributed by atoms with Crippen LogP contribution in [-0.4, -0.2) is 52.3 Å². The predicted molar refractivity (Wildman–Crippen MR) is 87.5 cm³/mol. The van der Waals surface area contributed by atoms with Crippen LogP contribution in [0.1, 0.15) is 25.7 Å². The molecule has 0 amide bonds. The first-order valence-electron chi connectivity index (χ1n) is 8.72. The molecule has 0 heterocycles. The number of ether oxygens (including phenoxy) is 4. The summed E-state index contributed by atoms with van der Waals surface area (Å²) in [6.45, 7) is 0. The summed E-state index contributed by atoms with van der Waals surface area (Å²) in [5, 5.41) is 0. The van der Waals surface area contributed by atoms with Crippen LogP contribution in [0.4, 0.5) is 0 Å². The molecule has 0 aromatic heterocycles. The summed E-state index contributed by atoms with van der Waals surface area (Å²) in [5.74, 6) is -4.75. The molecule has 0 saturated heterocycles. The van der Waals surface area contributed by atoms with E-state index in [2.05, 4.69) is 0 Å². The molecule has 2 aliphatic rings. The van der Waals surface area contributed by atoms with Crippen molar-refractivity contribution in [3.05, 3.63) is 0 Å². The van der Waals surface area contributed by atoms with Crippen molar-refractivity contribution in [2.45, 2.75) is 25.7 Å². The van der Waals surface area contributed by atoms with Crippen LogP contribution in [0.5, 0.6) is 0 Å². The van der Waals surface area contributed by atoms with Crippen molar-refractivity contribution < 1.29 is 38.1 Å². The Morgan fingerprint density at radius 2 is 0.846 bits per heavy atom. The normalized spacial score (nSPS) is 27.2. The van der Waals surface area contributed by atoms with Crippen LogP contribution in [0.3, 0.4) is 0 Å². The van der Waals surface area contributed by atoms with E-state index in [0.717, 1.165) is 12.8 Å². The fraction of sp³-hybridized carbons (Fsp3) is 0.778. The summed E-state index contributed by atoms with van der Waals surface area (Å²) in [5.41, 5.74) is 0. The van der Waals surface area contributed by atoms with Gasteiger partial charge >= 0.3 is 23.9 Å². The molecule has 4 atom stereocenters. The van der Waals surface area contributed by atoms with Crippen LogP contribution in [0.2, 0.25) is 0 Å². The van der Waals surface area contributed by atoms with Gasteiger partial charge in [0.2, 0.25) is 0 Å². The van der Waals surface area contributed by atoms with Crippen LogP contribution in [0.15, 0.2) is 0 Å². The zero-order valence-corrected chi connectivity index (χ0v) is 15.6. The molecule has 0 radical (unpaired) electrons. The molecule has 2 rings (SSSR count). The molecular formula is C18H26O8. The van der Waals surface area contributed by atoms with Crippen molar-refractivity contribution in [3.8, 4) is 0 Å². The van der Waals surface area contributed by atoms with Crippen molar-refractivity contribution in [3.63, 3.8) is 0 Å². The van der Waals surface area contributed by atoms with Gasteiger partial charge < -0.3 is 18.9 Å². The highest BCUT2D eigenvalue weighted by Crippen LogP contribution is 2.55. The molecule has 8 heteroatoms. The van der Waals surface area contributed by atoms with Crippen molar-refractivity contribution in [1.82, 2.24) is 0 Å². The quantitative estimate of drug-likeness (QED) is 0.387. The van der Waals surface area contributed by atoms with E-state index >= 15 is 0 Å². The molecule has 2 fully saturated rings. The Hall–Kier alpha value is -2.12. The maximum absolute atomic E-state index is 12.1. The molecule has 146 valence electrons. The lowest BCUT2D eigenvalue weighted by atomic mass is 9.79. The largest absolute Gasteiger partial charge is 0.468 e. The third-order valence-electron chi connectivity index (χ3n) is 5.99. The smallest absolute Gasteiger partial charge is 0.320 e. The van der Waals surface area contributed by atoms with Crippen LogP contribution >= 0.6 is 0 Å². The average Bonchev–Trinajstić information content (AvgIpc) is 3.24. The van der Waals surface area contributed by atoms with Crippen LogP contribution in [-0.2, 0) is 38.1 Å². The monoisotopic (exact) mass is 370 g/mol. The van der Waals surface area contributed by atoms with Crippen molar-refractivity contribution >= 4 is 23.9 Å². The Labute approximate surface area is 152 Å². The first-order valence-corrected chi connectivity index (χ1v) is 8.72. The summed E-state index contributed by atoms with van der Waals surface area (Å²) in [6.07, 6.45) is 2.70. The first kappa shape index (κ1) is 20.2.